The van der Waals surface area contributed by atoms with E-state index in [0.717, 1.165) is 34.1 Å². The minimum absolute atomic E-state index is 0.767. The molecule has 1 heterocycles. The summed E-state index contributed by atoms with van der Waals surface area (Å²) in [5, 5.41) is 10.4. The van der Waals surface area contributed by atoms with E-state index in [1.54, 1.807) is 0 Å². The third kappa shape index (κ3) is 4.72. The second-order valence-corrected chi connectivity index (χ2v) is 7.96. The average molecular weight is 369 g/mol. The Morgan fingerprint density at radius 3 is 2.65 bits per heavy atom. The number of hydrogen-bond acceptors (Lipinski definition) is 3. The second kappa shape index (κ2) is 9.29. The predicted octanol–water partition coefficient (Wildman–Crippen LogP) is 6.25. The molecule has 1 aliphatic rings. The van der Waals surface area contributed by atoms with Crippen LogP contribution in [0.1, 0.15) is 50.7 Å². The Labute approximate surface area is 161 Å². The van der Waals surface area contributed by atoms with Crippen molar-refractivity contribution in [1.82, 2.24) is 0 Å². The number of ether oxygens (including phenoxy) is 1. The van der Waals surface area contributed by atoms with Crippen molar-refractivity contribution in [2.75, 3.05) is 5.75 Å². The van der Waals surface area contributed by atoms with E-state index in [2.05, 4.69) is 32.0 Å². The smallest absolute Gasteiger partial charge is 0.224 e. The highest BCUT2D eigenvalue weighted by Gasteiger charge is 2.22. The zero-order chi connectivity index (χ0) is 18.4. The van der Waals surface area contributed by atoms with E-state index in [1.807, 2.05) is 48.2 Å². The third-order valence-electron chi connectivity index (χ3n) is 4.94. The fourth-order valence-electron chi connectivity index (χ4n) is 3.22. The Morgan fingerprint density at radius 2 is 1.92 bits per heavy atom. The second-order valence-electron chi connectivity index (χ2n) is 6.86. The predicted molar refractivity (Wildman–Crippen MR) is 111 cm³/mol. The van der Waals surface area contributed by atoms with Gasteiger partial charge in [-0.2, -0.15) is 0 Å². The van der Waals surface area contributed by atoms with Crippen LogP contribution < -0.4 is 4.74 Å². The van der Waals surface area contributed by atoms with Crippen LogP contribution in [0.4, 0.5) is 0 Å². The Hall–Kier alpha value is -1.71. The first-order valence-corrected chi connectivity index (χ1v) is 10.6. The minimum Gasteiger partial charge on any atom is -0.460 e. The summed E-state index contributed by atoms with van der Waals surface area (Å²) in [6.07, 6.45) is 6.23. The first kappa shape index (κ1) is 19.1. The molecule has 2 atom stereocenters. The van der Waals surface area contributed by atoms with Crippen LogP contribution in [0, 0.1) is 5.92 Å². The molecular formula is C23H28O2S. The topological polar surface area (TPSA) is 29.5 Å². The van der Waals surface area contributed by atoms with Crippen molar-refractivity contribution in [3.05, 3.63) is 59.7 Å². The van der Waals surface area contributed by atoms with E-state index >= 15 is 0 Å². The number of thioether (sulfide) groups is 1. The summed E-state index contributed by atoms with van der Waals surface area (Å²) in [6.45, 7) is 4.53. The van der Waals surface area contributed by atoms with Gasteiger partial charge >= 0.3 is 0 Å². The number of fused-ring (bicyclic) bond motifs is 1. The SMILES string of the molecule is CCCCC(CC)CSc1ccc2c(c1)OC(O)C(c1ccccc1)=C2. The van der Waals surface area contributed by atoms with Crippen molar-refractivity contribution in [2.45, 2.75) is 50.7 Å². The Balaban J connectivity index is 1.72. The normalized spacial score (nSPS) is 17.2. The highest BCUT2D eigenvalue weighted by atomic mass is 32.2. The highest BCUT2D eigenvalue weighted by molar-refractivity contribution is 7.99. The van der Waals surface area contributed by atoms with Crippen LogP contribution >= 0.6 is 11.8 Å². The molecule has 2 aromatic carbocycles. The molecule has 0 spiro atoms. The van der Waals surface area contributed by atoms with E-state index < -0.39 is 6.29 Å². The van der Waals surface area contributed by atoms with Gasteiger partial charge in [-0.3, -0.25) is 0 Å². The number of aliphatic hydroxyl groups excluding tert-OH is 1. The van der Waals surface area contributed by atoms with Gasteiger partial charge in [-0.25, -0.2) is 0 Å². The fourth-order valence-corrected chi connectivity index (χ4v) is 4.40. The summed E-state index contributed by atoms with van der Waals surface area (Å²) in [4.78, 5) is 1.21. The Kier molecular flexibility index (Phi) is 6.81. The van der Waals surface area contributed by atoms with Gasteiger partial charge in [0.15, 0.2) is 0 Å². The van der Waals surface area contributed by atoms with Gasteiger partial charge in [0.25, 0.3) is 0 Å². The van der Waals surface area contributed by atoms with Crippen molar-refractivity contribution in [2.24, 2.45) is 5.92 Å². The van der Waals surface area contributed by atoms with Crippen LogP contribution in [0.25, 0.3) is 11.6 Å². The molecule has 1 N–H and O–H groups in total. The lowest BCUT2D eigenvalue weighted by Crippen LogP contribution is -2.21. The molecule has 138 valence electrons. The van der Waals surface area contributed by atoms with Gasteiger partial charge in [-0.15, -0.1) is 11.8 Å². The zero-order valence-electron chi connectivity index (χ0n) is 15.7. The van der Waals surface area contributed by atoms with Gasteiger partial charge in [0.2, 0.25) is 6.29 Å². The molecule has 0 saturated carbocycles. The van der Waals surface area contributed by atoms with Crippen LogP contribution in [0.2, 0.25) is 0 Å². The first-order valence-electron chi connectivity index (χ1n) is 9.59. The van der Waals surface area contributed by atoms with Gasteiger partial charge in [0.05, 0.1) is 0 Å². The largest absolute Gasteiger partial charge is 0.460 e. The van der Waals surface area contributed by atoms with Crippen LogP contribution in [-0.2, 0) is 0 Å². The molecule has 2 unspecified atom stereocenters. The molecule has 0 bridgehead atoms. The lowest BCUT2D eigenvalue weighted by Gasteiger charge is -2.24. The van der Waals surface area contributed by atoms with Crippen molar-refractivity contribution in [3.63, 3.8) is 0 Å². The maximum absolute atomic E-state index is 10.4. The summed E-state index contributed by atoms with van der Waals surface area (Å²) in [6, 6.07) is 16.2. The number of hydrogen-bond donors (Lipinski definition) is 1. The molecule has 2 aromatic rings. The number of aliphatic hydroxyl groups is 1. The summed E-state index contributed by atoms with van der Waals surface area (Å²) in [7, 11) is 0. The Morgan fingerprint density at radius 1 is 1.12 bits per heavy atom. The minimum atomic E-state index is -0.918. The van der Waals surface area contributed by atoms with E-state index in [1.165, 1.54) is 30.6 Å². The Bertz CT molecular complexity index is 739. The van der Waals surface area contributed by atoms with E-state index in [4.69, 9.17) is 4.74 Å². The molecule has 3 heteroatoms. The quantitative estimate of drug-likeness (QED) is 0.559. The average Bonchev–Trinajstić information content (AvgIpc) is 2.68. The molecule has 0 amide bonds. The molecule has 0 fully saturated rings. The summed E-state index contributed by atoms with van der Waals surface area (Å²) < 4.78 is 5.81. The fraction of sp³-hybridized carbons (Fsp3) is 0.391. The lowest BCUT2D eigenvalue weighted by atomic mass is 10.00. The monoisotopic (exact) mass is 368 g/mol. The first-order chi connectivity index (χ1) is 12.7. The van der Waals surface area contributed by atoms with Crippen molar-refractivity contribution < 1.29 is 9.84 Å². The van der Waals surface area contributed by atoms with Crippen LogP contribution in [-0.4, -0.2) is 17.1 Å². The van der Waals surface area contributed by atoms with Crippen molar-refractivity contribution in [1.29, 1.82) is 0 Å². The van der Waals surface area contributed by atoms with E-state index in [-0.39, 0.29) is 0 Å². The van der Waals surface area contributed by atoms with Gasteiger partial charge < -0.3 is 9.84 Å². The molecule has 0 aromatic heterocycles. The van der Waals surface area contributed by atoms with Gasteiger partial charge in [-0.1, -0.05) is 69.5 Å². The molecular weight excluding hydrogens is 340 g/mol. The van der Waals surface area contributed by atoms with Crippen LogP contribution in [0.5, 0.6) is 5.75 Å². The molecule has 0 saturated heterocycles. The molecule has 1 aliphatic heterocycles. The van der Waals surface area contributed by atoms with Crippen molar-refractivity contribution in [3.8, 4) is 5.75 Å². The zero-order valence-corrected chi connectivity index (χ0v) is 16.5. The van der Waals surface area contributed by atoms with Gasteiger partial charge in [-0.05, 0) is 36.1 Å². The molecule has 0 radical (unpaired) electrons. The van der Waals surface area contributed by atoms with Crippen LogP contribution in [0.15, 0.2) is 53.4 Å². The summed E-state index contributed by atoms with van der Waals surface area (Å²) in [5.41, 5.74) is 2.83. The lowest BCUT2D eigenvalue weighted by molar-refractivity contribution is 0.0318. The third-order valence-corrected chi connectivity index (χ3v) is 6.16. The van der Waals surface area contributed by atoms with Gasteiger partial charge in [0, 0.05) is 21.8 Å². The highest BCUT2D eigenvalue weighted by Crippen LogP contribution is 2.36. The summed E-state index contributed by atoms with van der Waals surface area (Å²) in [5.74, 6) is 2.68. The number of rotatable bonds is 8. The molecule has 26 heavy (non-hydrogen) atoms. The standard InChI is InChI=1S/C23H28O2S/c1-3-5-9-17(4-2)16-26-20-13-12-19-14-21(18-10-7-6-8-11-18)23(24)25-22(19)15-20/h6-8,10-15,17,23-24H,3-5,9,16H2,1-2H3. The van der Waals surface area contributed by atoms with Crippen LogP contribution in [0.3, 0.4) is 0 Å². The molecule has 2 nitrogen and oxygen atoms in total. The summed E-state index contributed by atoms with van der Waals surface area (Å²) >= 11 is 1.89. The number of benzene rings is 2. The molecule has 0 aliphatic carbocycles. The van der Waals surface area contributed by atoms with Crippen molar-refractivity contribution >= 4 is 23.4 Å². The maximum Gasteiger partial charge on any atom is 0.224 e. The molecule has 3 rings (SSSR count). The van der Waals surface area contributed by atoms with E-state index in [0.29, 0.717) is 0 Å². The number of unbranched alkanes of at least 4 members (excludes halogenated alkanes) is 1. The van der Waals surface area contributed by atoms with E-state index in [9.17, 15) is 5.11 Å². The maximum atomic E-state index is 10.4. The van der Waals surface area contributed by atoms with Gasteiger partial charge in [0.1, 0.15) is 5.75 Å².